The maximum absolute atomic E-state index is 6.30. The van der Waals surface area contributed by atoms with Gasteiger partial charge in [0.1, 0.15) is 18.1 Å². The second-order valence-corrected chi connectivity index (χ2v) is 5.50. The molecule has 20 heavy (non-hydrogen) atoms. The van der Waals surface area contributed by atoms with Crippen molar-refractivity contribution >= 4 is 0 Å². The van der Waals surface area contributed by atoms with E-state index in [9.17, 15) is 0 Å². The molecule has 1 fully saturated rings. The minimum atomic E-state index is -0.113. The zero-order valence-electron chi connectivity index (χ0n) is 12.3. The maximum atomic E-state index is 6.30. The molecular weight excluding hydrogens is 254 g/mol. The van der Waals surface area contributed by atoms with Gasteiger partial charge in [0.05, 0.1) is 20.3 Å². The fourth-order valence-corrected chi connectivity index (χ4v) is 2.57. The van der Waals surface area contributed by atoms with E-state index >= 15 is 0 Å². The second-order valence-electron chi connectivity index (χ2n) is 5.50. The van der Waals surface area contributed by atoms with Crippen LogP contribution in [-0.2, 0) is 4.74 Å². The van der Waals surface area contributed by atoms with Crippen LogP contribution in [0.2, 0.25) is 0 Å². The van der Waals surface area contributed by atoms with E-state index in [2.05, 4.69) is 0 Å². The number of benzene rings is 1. The van der Waals surface area contributed by atoms with E-state index in [4.69, 9.17) is 19.9 Å². The lowest BCUT2D eigenvalue weighted by Crippen LogP contribution is -2.46. The molecule has 4 heteroatoms. The first-order valence-electron chi connectivity index (χ1n) is 7.35. The summed E-state index contributed by atoms with van der Waals surface area (Å²) in [6.45, 7) is 1.76. The van der Waals surface area contributed by atoms with Crippen LogP contribution in [0, 0.1) is 0 Å². The largest absolute Gasteiger partial charge is 0.497 e. The number of hydrogen-bond donors (Lipinski definition) is 1. The molecule has 1 aliphatic carbocycles. The third-order valence-corrected chi connectivity index (χ3v) is 3.79. The molecule has 1 aromatic carbocycles. The molecule has 0 bridgehead atoms. The van der Waals surface area contributed by atoms with Crippen molar-refractivity contribution in [3.05, 3.63) is 24.3 Å². The van der Waals surface area contributed by atoms with E-state index in [0.717, 1.165) is 24.3 Å². The summed E-state index contributed by atoms with van der Waals surface area (Å²) in [5, 5.41) is 0. The summed E-state index contributed by atoms with van der Waals surface area (Å²) in [5.41, 5.74) is 6.19. The topological polar surface area (TPSA) is 53.7 Å². The average Bonchev–Trinajstić information content (AvgIpc) is 2.48. The molecule has 0 spiro atoms. The first-order chi connectivity index (χ1) is 9.72. The van der Waals surface area contributed by atoms with Crippen LogP contribution in [0.3, 0.4) is 0 Å². The third kappa shape index (κ3) is 4.69. The molecular formula is C16H25NO3. The highest BCUT2D eigenvalue weighted by Crippen LogP contribution is 2.26. The van der Waals surface area contributed by atoms with Crippen molar-refractivity contribution in [1.29, 1.82) is 0 Å². The van der Waals surface area contributed by atoms with Gasteiger partial charge in [0.2, 0.25) is 0 Å². The Balaban J connectivity index is 1.61. The molecule has 0 aliphatic heterocycles. The summed E-state index contributed by atoms with van der Waals surface area (Å²) in [5.74, 6) is 1.66. The van der Waals surface area contributed by atoms with Crippen LogP contribution < -0.4 is 15.2 Å². The van der Waals surface area contributed by atoms with Crippen LogP contribution in [0.4, 0.5) is 0 Å². The van der Waals surface area contributed by atoms with Gasteiger partial charge in [-0.05, 0) is 37.1 Å². The van der Waals surface area contributed by atoms with Crippen LogP contribution in [-0.4, -0.2) is 32.5 Å². The van der Waals surface area contributed by atoms with Crippen LogP contribution in [0.1, 0.15) is 32.1 Å². The van der Waals surface area contributed by atoms with Gasteiger partial charge in [-0.15, -0.1) is 0 Å². The van der Waals surface area contributed by atoms with E-state index < -0.39 is 0 Å². The van der Waals surface area contributed by atoms with Crippen LogP contribution in [0.25, 0.3) is 0 Å². The first-order valence-corrected chi connectivity index (χ1v) is 7.35. The molecule has 4 nitrogen and oxygen atoms in total. The summed E-state index contributed by atoms with van der Waals surface area (Å²) >= 11 is 0. The fourth-order valence-electron chi connectivity index (χ4n) is 2.57. The highest BCUT2D eigenvalue weighted by molar-refractivity contribution is 5.31. The van der Waals surface area contributed by atoms with Gasteiger partial charge >= 0.3 is 0 Å². The monoisotopic (exact) mass is 279 g/mol. The fraction of sp³-hybridized carbons (Fsp3) is 0.625. The minimum Gasteiger partial charge on any atom is -0.497 e. The Bertz CT molecular complexity index is 385. The summed E-state index contributed by atoms with van der Waals surface area (Å²) in [7, 11) is 1.65. The summed E-state index contributed by atoms with van der Waals surface area (Å²) in [6.07, 6.45) is 5.91. The first kappa shape index (κ1) is 15.1. The number of hydrogen-bond acceptors (Lipinski definition) is 4. The zero-order valence-corrected chi connectivity index (χ0v) is 12.3. The Morgan fingerprint density at radius 1 is 1.00 bits per heavy atom. The van der Waals surface area contributed by atoms with Gasteiger partial charge in [-0.3, -0.25) is 0 Å². The van der Waals surface area contributed by atoms with Crippen LogP contribution >= 0.6 is 0 Å². The lowest BCUT2D eigenvalue weighted by Gasteiger charge is -2.32. The molecule has 112 valence electrons. The molecule has 0 heterocycles. The molecule has 0 unspecified atom stereocenters. The van der Waals surface area contributed by atoms with Gasteiger partial charge in [-0.2, -0.15) is 0 Å². The standard InChI is InChI=1S/C16H25NO3/c1-18-14-5-7-15(8-6-14)20-12-11-19-13-16(17)9-3-2-4-10-16/h5-8H,2-4,9-13,17H2,1H3. The molecule has 2 N–H and O–H groups in total. The molecule has 0 radical (unpaired) electrons. The maximum Gasteiger partial charge on any atom is 0.119 e. The van der Waals surface area contributed by atoms with Gasteiger partial charge in [-0.25, -0.2) is 0 Å². The summed E-state index contributed by atoms with van der Waals surface area (Å²) in [4.78, 5) is 0. The Morgan fingerprint density at radius 3 is 2.30 bits per heavy atom. The number of ether oxygens (including phenoxy) is 3. The molecule has 1 saturated carbocycles. The highest BCUT2D eigenvalue weighted by atomic mass is 16.5. The summed E-state index contributed by atoms with van der Waals surface area (Å²) in [6, 6.07) is 7.55. The van der Waals surface area contributed by atoms with E-state index in [1.807, 2.05) is 24.3 Å². The van der Waals surface area contributed by atoms with Crippen molar-refractivity contribution in [3.8, 4) is 11.5 Å². The molecule has 0 saturated heterocycles. The van der Waals surface area contributed by atoms with Crippen molar-refractivity contribution < 1.29 is 14.2 Å². The molecule has 0 atom stereocenters. The number of rotatable bonds is 7. The predicted octanol–water partition coefficient (Wildman–Crippen LogP) is 2.75. The molecule has 0 aromatic heterocycles. The predicted molar refractivity (Wildman–Crippen MR) is 79.3 cm³/mol. The molecule has 2 rings (SSSR count). The van der Waals surface area contributed by atoms with Gasteiger partial charge in [-0.1, -0.05) is 19.3 Å². The van der Waals surface area contributed by atoms with Crippen molar-refractivity contribution in [1.82, 2.24) is 0 Å². The lowest BCUT2D eigenvalue weighted by molar-refractivity contribution is 0.0498. The van der Waals surface area contributed by atoms with Gasteiger partial charge < -0.3 is 19.9 Å². The Hall–Kier alpha value is -1.26. The zero-order chi connectivity index (χ0) is 14.3. The normalized spacial score (nSPS) is 17.7. The SMILES string of the molecule is COc1ccc(OCCOCC2(N)CCCCC2)cc1. The van der Waals surface area contributed by atoms with Gasteiger partial charge in [0, 0.05) is 5.54 Å². The van der Waals surface area contributed by atoms with E-state index in [0.29, 0.717) is 19.8 Å². The molecule has 1 aromatic rings. The van der Waals surface area contributed by atoms with Crippen molar-refractivity contribution in [3.63, 3.8) is 0 Å². The van der Waals surface area contributed by atoms with Crippen LogP contribution in [0.15, 0.2) is 24.3 Å². The van der Waals surface area contributed by atoms with Crippen LogP contribution in [0.5, 0.6) is 11.5 Å². The second kappa shape index (κ2) is 7.50. The Kier molecular flexibility index (Phi) is 5.68. The summed E-state index contributed by atoms with van der Waals surface area (Å²) < 4.78 is 16.4. The lowest BCUT2D eigenvalue weighted by atomic mass is 9.83. The van der Waals surface area contributed by atoms with Crippen molar-refractivity contribution in [2.24, 2.45) is 5.73 Å². The minimum absolute atomic E-state index is 0.113. The smallest absolute Gasteiger partial charge is 0.119 e. The Labute approximate surface area is 121 Å². The van der Waals surface area contributed by atoms with E-state index in [1.54, 1.807) is 7.11 Å². The third-order valence-electron chi connectivity index (χ3n) is 3.79. The quantitative estimate of drug-likeness (QED) is 0.780. The Morgan fingerprint density at radius 2 is 1.65 bits per heavy atom. The average molecular weight is 279 g/mol. The number of methoxy groups -OCH3 is 1. The van der Waals surface area contributed by atoms with Gasteiger partial charge in [0.25, 0.3) is 0 Å². The molecule has 1 aliphatic rings. The van der Waals surface area contributed by atoms with Crippen molar-refractivity contribution in [2.75, 3.05) is 26.9 Å². The van der Waals surface area contributed by atoms with Gasteiger partial charge in [0.15, 0.2) is 0 Å². The van der Waals surface area contributed by atoms with E-state index in [-0.39, 0.29) is 5.54 Å². The van der Waals surface area contributed by atoms with E-state index in [1.165, 1.54) is 19.3 Å². The highest BCUT2D eigenvalue weighted by Gasteiger charge is 2.27. The molecule has 0 amide bonds. The van der Waals surface area contributed by atoms with Crippen molar-refractivity contribution in [2.45, 2.75) is 37.6 Å². The number of nitrogens with two attached hydrogens (primary N) is 1.